The van der Waals surface area contributed by atoms with Gasteiger partial charge in [0.1, 0.15) is 5.75 Å². The van der Waals surface area contributed by atoms with Crippen molar-refractivity contribution in [2.75, 3.05) is 17.3 Å². The Labute approximate surface area is 174 Å². The molecular formula is C25H20N2O3. The molecule has 1 N–H and O–H groups in total. The largest absolute Gasteiger partial charge is 0.496 e. The summed E-state index contributed by atoms with van der Waals surface area (Å²) < 4.78 is 5.31. The van der Waals surface area contributed by atoms with Gasteiger partial charge in [0, 0.05) is 11.1 Å². The van der Waals surface area contributed by atoms with Gasteiger partial charge in [-0.2, -0.15) is 0 Å². The van der Waals surface area contributed by atoms with Gasteiger partial charge in [0.25, 0.3) is 5.91 Å². The van der Waals surface area contributed by atoms with Crippen LogP contribution >= 0.6 is 0 Å². The van der Waals surface area contributed by atoms with Crippen molar-refractivity contribution in [1.82, 2.24) is 0 Å². The summed E-state index contributed by atoms with van der Waals surface area (Å²) in [6.45, 7) is 0. The van der Waals surface area contributed by atoms with Gasteiger partial charge in [0.05, 0.1) is 24.0 Å². The number of nitrogens with one attached hydrogen (secondary N) is 1. The predicted molar refractivity (Wildman–Crippen MR) is 120 cm³/mol. The van der Waals surface area contributed by atoms with E-state index in [1.54, 1.807) is 23.1 Å². The monoisotopic (exact) mass is 396 g/mol. The van der Waals surface area contributed by atoms with Crippen molar-refractivity contribution < 1.29 is 14.3 Å². The zero-order valence-electron chi connectivity index (χ0n) is 16.4. The molecule has 0 saturated carbocycles. The second kappa shape index (κ2) is 8.49. The van der Waals surface area contributed by atoms with E-state index in [2.05, 4.69) is 5.32 Å². The highest BCUT2D eigenvalue weighted by Gasteiger charge is 2.17. The molecule has 4 aromatic rings. The summed E-state index contributed by atoms with van der Waals surface area (Å²) in [5.41, 5.74) is 2.47. The van der Waals surface area contributed by atoms with Crippen molar-refractivity contribution in [3.8, 4) is 5.75 Å². The van der Waals surface area contributed by atoms with Crippen LogP contribution in [0.4, 0.5) is 17.1 Å². The van der Waals surface area contributed by atoms with Crippen molar-refractivity contribution in [2.45, 2.75) is 0 Å². The molecule has 0 saturated heterocycles. The normalized spacial score (nSPS) is 10.4. The van der Waals surface area contributed by atoms with Crippen LogP contribution in [0.3, 0.4) is 0 Å². The molecule has 0 aliphatic carbocycles. The maximum atomic E-state index is 13.0. The van der Waals surface area contributed by atoms with Crippen LogP contribution < -0.4 is 15.0 Å². The number of anilines is 3. The average molecular weight is 396 g/mol. The second-order valence-electron chi connectivity index (χ2n) is 6.65. The van der Waals surface area contributed by atoms with Gasteiger partial charge in [-0.15, -0.1) is 0 Å². The SMILES string of the molecule is COc1ccccc1C(=O)Nc1cccc2cccc(N(C=O)c3ccccc3)c12. The van der Waals surface area contributed by atoms with Gasteiger partial charge >= 0.3 is 0 Å². The molecule has 4 aromatic carbocycles. The molecule has 0 radical (unpaired) electrons. The van der Waals surface area contributed by atoms with Crippen molar-refractivity contribution in [2.24, 2.45) is 0 Å². The first kappa shape index (κ1) is 19.2. The molecule has 0 spiro atoms. The summed E-state index contributed by atoms with van der Waals surface area (Å²) in [6, 6.07) is 27.8. The summed E-state index contributed by atoms with van der Waals surface area (Å²) in [5.74, 6) is 0.210. The first-order valence-corrected chi connectivity index (χ1v) is 9.48. The predicted octanol–water partition coefficient (Wildman–Crippen LogP) is 5.40. The lowest BCUT2D eigenvalue weighted by Crippen LogP contribution is -2.16. The molecule has 0 aromatic heterocycles. The number of amides is 2. The molecule has 0 bridgehead atoms. The van der Waals surface area contributed by atoms with E-state index in [0.29, 0.717) is 22.7 Å². The lowest BCUT2D eigenvalue weighted by molar-refractivity contribution is -0.106. The smallest absolute Gasteiger partial charge is 0.259 e. The molecule has 0 fully saturated rings. The fraction of sp³-hybridized carbons (Fsp3) is 0.0400. The van der Waals surface area contributed by atoms with Gasteiger partial charge in [0.2, 0.25) is 6.41 Å². The lowest BCUT2D eigenvalue weighted by Gasteiger charge is -2.21. The van der Waals surface area contributed by atoms with Crippen LogP contribution in [-0.2, 0) is 4.79 Å². The quantitative estimate of drug-likeness (QED) is 0.444. The van der Waals surface area contributed by atoms with E-state index >= 15 is 0 Å². The highest BCUT2D eigenvalue weighted by atomic mass is 16.5. The van der Waals surface area contributed by atoms with E-state index < -0.39 is 0 Å². The fourth-order valence-electron chi connectivity index (χ4n) is 3.49. The second-order valence-corrected chi connectivity index (χ2v) is 6.65. The summed E-state index contributed by atoms with van der Waals surface area (Å²) in [6.07, 6.45) is 0.781. The van der Waals surface area contributed by atoms with Crippen molar-refractivity contribution in [3.05, 3.63) is 96.6 Å². The number of rotatable bonds is 6. The average Bonchev–Trinajstić information content (AvgIpc) is 2.80. The minimum absolute atomic E-state index is 0.285. The van der Waals surface area contributed by atoms with Crippen LogP contribution in [0.2, 0.25) is 0 Å². The number of methoxy groups -OCH3 is 1. The molecular weight excluding hydrogens is 376 g/mol. The number of hydrogen-bond acceptors (Lipinski definition) is 3. The Morgan fingerprint density at radius 1 is 0.867 bits per heavy atom. The number of nitrogens with zero attached hydrogens (tertiary/aromatic N) is 1. The molecule has 5 nitrogen and oxygen atoms in total. The van der Waals surface area contributed by atoms with E-state index in [0.717, 1.165) is 22.9 Å². The molecule has 0 unspecified atom stereocenters. The molecule has 30 heavy (non-hydrogen) atoms. The van der Waals surface area contributed by atoms with Gasteiger partial charge in [0.15, 0.2) is 0 Å². The zero-order chi connectivity index (χ0) is 20.9. The van der Waals surface area contributed by atoms with Crippen LogP contribution in [0.5, 0.6) is 5.75 Å². The summed E-state index contributed by atoms with van der Waals surface area (Å²) in [7, 11) is 1.53. The van der Waals surface area contributed by atoms with Crippen LogP contribution in [0, 0.1) is 0 Å². The number of hydrogen-bond donors (Lipinski definition) is 1. The topological polar surface area (TPSA) is 58.6 Å². The molecule has 0 atom stereocenters. The first-order valence-electron chi connectivity index (χ1n) is 9.48. The standard InChI is InChI=1S/C25H20N2O3/c1-30-23-16-6-5-13-20(23)25(29)26-21-14-7-9-18-10-8-15-22(24(18)21)27(17-28)19-11-3-2-4-12-19/h2-17H,1H3,(H,26,29). The molecule has 0 aliphatic rings. The number of carbonyl (C=O) groups is 2. The third-order valence-corrected chi connectivity index (χ3v) is 4.88. The Morgan fingerprint density at radius 3 is 2.30 bits per heavy atom. The fourth-order valence-corrected chi connectivity index (χ4v) is 3.49. The zero-order valence-corrected chi connectivity index (χ0v) is 16.4. The number of carbonyl (C=O) groups excluding carboxylic acids is 2. The van der Waals surface area contributed by atoms with Crippen LogP contribution in [-0.4, -0.2) is 19.4 Å². The molecule has 2 amide bonds. The number of benzene rings is 4. The first-order chi connectivity index (χ1) is 14.7. The Morgan fingerprint density at radius 2 is 1.57 bits per heavy atom. The summed E-state index contributed by atoms with van der Waals surface area (Å²) in [5, 5.41) is 4.67. The maximum absolute atomic E-state index is 13.0. The maximum Gasteiger partial charge on any atom is 0.259 e. The molecule has 4 rings (SSSR count). The number of ether oxygens (including phenoxy) is 1. The summed E-state index contributed by atoms with van der Waals surface area (Å²) in [4.78, 5) is 26.6. The molecule has 148 valence electrons. The Kier molecular flexibility index (Phi) is 5.44. The van der Waals surface area contributed by atoms with Crippen molar-refractivity contribution in [3.63, 3.8) is 0 Å². The highest BCUT2D eigenvalue weighted by Crippen LogP contribution is 2.36. The third kappa shape index (κ3) is 3.61. The lowest BCUT2D eigenvalue weighted by atomic mass is 10.0. The molecule has 0 aliphatic heterocycles. The Balaban J connectivity index is 1.82. The minimum atomic E-state index is -0.285. The van der Waals surface area contributed by atoms with E-state index in [1.165, 1.54) is 7.11 Å². The van der Waals surface area contributed by atoms with Gasteiger partial charge < -0.3 is 10.1 Å². The number of fused-ring (bicyclic) bond motifs is 1. The van der Waals surface area contributed by atoms with E-state index in [9.17, 15) is 9.59 Å². The van der Waals surface area contributed by atoms with Crippen molar-refractivity contribution in [1.29, 1.82) is 0 Å². The Bertz CT molecular complexity index is 1200. The number of para-hydroxylation sites is 2. The highest BCUT2D eigenvalue weighted by molar-refractivity contribution is 6.14. The van der Waals surface area contributed by atoms with Crippen LogP contribution in [0.1, 0.15) is 10.4 Å². The van der Waals surface area contributed by atoms with E-state index in [-0.39, 0.29) is 5.91 Å². The van der Waals surface area contributed by atoms with Gasteiger partial charge in [-0.1, -0.05) is 54.6 Å². The van der Waals surface area contributed by atoms with E-state index in [1.807, 2.05) is 72.8 Å². The summed E-state index contributed by atoms with van der Waals surface area (Å²) >= 11 is 0. The van der Waals surface area contributed by atoms with Gasteiger partial charge in [-0.3, -0.25) is 14.5 Å². The minimum Gasteiger partial charge on any atom is -0.496 e. The Hall–Kier alpha value is -4.12. The van der Waals surface area contributed by atoms with Crippen molar-refractivity contribution >= 4 is 40.2 Å². The van der Waals surface area contributed by atoms with Crippen LogP contribution in [0.25, 0.3) is 10.8 Å². The van der Waals surface area contributed by atoms with Gasteiger partial charge in [-0.05, 0) is 41.8 Å². The van der Waals surface area contributed by atoms with E-state index in [4.69, 9.17) is 4.74 Å². The van der Waals surface area contributed by atoms with Gasteiger partial charge in [-0.25, -0.2) is 0 Å². The molecule has 0 heterocycles. The molecule has 5 heteroatoms. The third-order valence-electron chi connectivity index (χ3n) is 4.88. The van der Waals surface area contributed by atoms with Crippen LogP contribution in [0.15, 0.2) is 91.0 Å².